The van der Waals surface area contributed by atoms with Crippen LogP contribution in [-0.2, 0) is 0 Å². The fourth-order valence-electron chi connectivity index (χ4n) is 1.71. The molecule has 0 spiro atoms. The van der Waals surface area contributed by atoms with Crippen molar-refractivity contribution in [1.29, 1.82) is 0 Å². The van der Waals surface area contributed by atoms with Crippen molar-refractivity contribution in [2.45, 2.75) is 6.92 Å². The zero-order chi connectivity index (χ0) is 15.7. The molecule has 0 saturated heterocycles. The summed E-state index contributed by atoms with van der Waals surface area (Å²) in [5.74, 6) is -2.94. The molecule has 2 nitrogen and oxygen atoms in total. The van der Waals surface area contributed by atoms with Gasteiger partial charge in [-0.25, -0.2) is 8.78 Å². The molecule has 0 atom stereocenters. The maximum Gasteiger partial charge on any atom is 0.261 e. The normalized spacial score (nSPS) is 10.6. The van der Waals surface area contributed by atoms with E-state index in [2.05, 4.69) is 21.2 Å². The Labute approximate surface area is 138 Å². The fourth-order valence-corrected chi connectivity index (χ4v) is 2.57. The van der Waals surface area contributed by atoms with Gasteiger partial charge in [-0.15, -0.1) is 0 Å². The van der Waals surface area contributed by atoms with E-state index in [9.17, 15) is 13.6 Å². The summed E-state index contributed by atoms with van der Waals surface area (Å²) in [7, 11) is 0. The quantitative estimate of drug-likeness (QED) is 0.706. The van der Waals surface area contributed by atoms with E-state index in [1.54, 1.807) is 13.0 Å². The van der Waals surface area contributed by atoms with Gasteiger partial charge in [0, 0.05) is 4.47 Å². The van der Waals surface area contributed by atoms with Gasteiger partial charge in [-0.3, -0.25) is 4.79 Å². The molecular formula is C14H8BrCl2F2NO. The van der Waals surface area contributed by atoms with Crippen molar-refractivity contribution < 1.29 is 13.6 Å². The summed E-state index contributed by atoms with van der Waals surface area (Å²) < 4.78 is 27.7. The van der Waals surface area contributed by atoms with Crippen molar-refractivity contribution >= 4 is 50.7 Å². The van der Waals surface area contributed by atoms with Crippen LogP contribution in [0.4, 0.5) is 14.5 Å². The molecule has 0 aromatic heterocycles. The molecule has 110 valence electrons. The Morgan fingerprint density at radius 3 is 2.33 bits per heavy atom. The largest absolute Gasteiger partial charge is 0.319 e. The molecule has 21 heavy (non-hydrogen) atoms. The highest BCUT2D eigenvalue weighted by Gasteiger charge is 2.20. The van der Waals surface area contributed by atoms with Crippen molar-refractivity contribution in [2.75, 3.05) is 5.32 Å². The maximum absolute atomic E-state index is 13.7. The Balaban J connectivity index is 2.42. The van der Waals surface area contributed by atoms with Gasteiger partial charge in [-0.2, -0.15) is 0 Å². The first-order chi connectivity index (χ1) is 9.81. The smallest absolute Gasteiger partial charge is 0.261 e. The van der Waals surface area contributed by atoms with Crippen LogP contribution in [-0.4, -0.2) is 5.91 Å². The van der Waals surface area contributed by atoms with E-state index in [0.717, 1.165) is 12.1 Å². The number of hydrogen-bond acceptors (Lipinski definition) is 1. The van der Waals surface area contributed by atoms with Crippen LogP contribution in [0, 0.1) is 18.6 Å². The van der Waals surface area contributed by atoms with E-state index in [1.165, 1.54) is 6.07 Å². The Bertz CT molecular complexity index is 714. The summed E-state index contributed by atoms with van der Waals surface area (Å²) in [6.07, 6.45) is 0. The minimum absolute atomic E-state index is 0.116. The minimum atomic E-state index is -0.987. The second kappa shape index (κ2) is 6.30. The van der Waals surface area contributed by atoms with Crippen molar-refractivity contribution in [3.8, 4) is 0 Å². The third-order valence-electron chi connectivity index (χ3n) is 2.76. The number of hydrogen-bond donors (Lipinski definition) is 1. The zero-order valence-electron chi connectivity index (χ0n) is 10.6. The molecule has 0 unspecified atom stereocenters. The number of carbonyl (C=O) groups is 1. The van der Waals surface area contributed by atoms with E-state index in [-0.39, 0.29) is 20.2 Å². The monoisotopic (exact) mass is 393 g/mol. The van der Waals surface area contributed by atoms with Crippen molar-refractivity contribution in [1.82, 2.24) is 0 Å². The molecule has 0 radical (unpaired) electrons. The number of nitrogens with one attached hydrogen (secondary N) is 1. The summed E-state index contributed by atoms with van der Waals surface area (Å²) in [6, 6.07) is 5.20. The minimum Gasteiger partial charge on any atom is -0.319 e. The van der Waals surface area contributed by atoms with Crippen LogP contribution < -0.4 is 5.32 Å². The summed E-state index contributed by atoms with van der Waals surface area (Å²) in [5, 5.41) is 2.73. The molecule has 0 fully saturated rings. The lowest BCUT2D eigenvalue weighted by Crippen LogP contribution is -2.16. The number of benzene rings is 2. The van der Waals surface area contributed by atoms with Crippen molar-refractivity contribution in [3.05, 3.63) is 61.5 Å². The van der Waals surface area contributed by atoms with Crippen LogP contribution in [0.15, 0.2) is 28.7 Å². The molecule has 0 aliphatic heterocycles. The number of aryl methyl sites for hydroxylation is 1. The van der Waals surface area contributed by atoms with Crippen molar-refractivity contribution in [3.63, 3.8) is 0 Å². The Kier molecular flexibility index (Phi) is 4.86. The van der Waals surface area contributed by atoms with Gasteiger partial charge in [0.1, 0.15) is 17.2 Å². The molecule has 0 aliphatic carbocycles. The first-order valence-corrected chi connectivity index (χ1v) is 7.26. The van der Waals surface area contributed by atoms with Crippen molar-refractivity contribution in [2.24, 2.45) is 0 Å². The lowest BCUT2D eigenvalue weighted by Gasteiger charge is -2.12. The number of rotatable bonds is 2. The number of anilines is 1. The molecule has 1 amide bonds. The average Bonchev–Trinajstić information content (AvgIpc) is 2.38. The Hall–Kier alpha value is -1.17. The van der Waals surface area contributed by atoms with Crippen LogP contribution >= 0.6 is 39.1 Å². The number of halogens is 5. The van der Waals surface area contributed by atoms with E-state index in [1.807, 2.05) is 0 Å². The van der Waals surface area contributed by atoms with Gasteiger partial charge in [-0.1, -0.05) is 45.2 Å². The molecule has 2 rings (SSSR count). The molecule has 0 aliphatic rings. The fraction of sp³-hybridized carbons (Fsp3) is 0.0714. The van der Waals surface area contributed by atoms with Gasteiger partial charge in [0.15, 0.2) is 0 Å². The van der Waals surface area contributed by atoms with Crippen LogP contribution in [0.3, 0.4) is 0 Å². The molecule has 0 heterocycles. The highest BCUT2D eigenvalue weighted by atomic mass is 79.9. The van der Waals surface area contributed by atoms with E-state index < -0.39 is 23.1 Å². The number of carbonyl (C=O) groups excluding carboxylic acids is 1. The third-order valence-corrected chi connectivity index (χ3v) is 4.02. The van der Waals surface area contributed by atoms with Gasteiger partial charge in [0.25, 0.3) is 5.91 Å². The van der Waals surface area contributed by atoms with Crippen LogP contribution in [0.5, 0.6) is 0 Å². The maximum atomic E-state index is 13.7. The molecular weight excluding hydrogens is 387 g/mol. The molecule has 7 heteroatoms. The summed E-state index contributed by atoms with van der Waals surface area (Å²) in [6.45, 7) is 1.72. The van der Waals surface area contributed by atoms with Gasteiger partial charge < -0.3 is 5.32 Å². The molecule has 2 aromatic carbocycles. The van der Waals surface area contributed by atoms with Gasteiger partial charge in [0.2, 0.25) is 0 Å². The predicted octanol–water partition coefficient (Wildman–Crippen LogP) is 5.59. The first-order valence-electron chi connectivity index (χ1n) is 5.71. The van der Waals surface area contributed by atoms with Gasteiger partial charge in [-0.05, 0) is 30.7 Å². The second-order valence-corrected chi connectivity index (χ2v) is 5.95. The summed E-state index contributed by atoms with van der Waals surface area (Å²) in [5.41, 5.74) is 0.0880. The first kappa shape index (κ1) is 16.2. The van der Waals surface area contributed by atoms with Crippen LogP contribution in [0.2, 0.25) is 10.0 Å². The molecule has 1 N–H and O–H groups in total. The van der Waals surface area contributed by atoms with Gasteiger partial charge in [0.05, 0.1) is 15.7 Å². The number of amides is 1. The van der Waals surface area contributed by atoms with E-state index in [4.69, 9.17) is 23.2 Å². The van der Waals surface area contributed by atoms with Crippen LogP contribution in [0.25, 0.3) is 0 Å². The molecule has 0 bridgehead atoms. The lowest BCUT2D eigenvalue weighted by atomic mass is 10.1. The van der Waals surface area contributed by atoms with E-state index >= 15 is 0 Å². The highest BCUT2D eigenvalue weighted by molar-refractivity contribution is 9.10. The lowest BCUT2D eigenvalue weighted by molar-refractivity contribution is 0.101. The predicted molar refractivity (Wildman–Crippen MR) is 83.2 cm³/mol. The topological polar surface area (TPSA) is 29.1 Å². The van der Waals surface area contributed by atoms with Crippen LogP contribution in [0.1, 0.15) is 15.9 Å². The third kappa shape index (κ3) is 3.36. The van der Waals surface area contributed by atoms with Gasteiger partial charge >= 0.3 is 0 Å². The Morgan fingerprint density at radius 1 is 1.19 bits per heavy atom. The second-order valence-electron chi connectivity index (χ2n) is 4.25. The van der Waals surface area contributed by atoms with E-state index in [0.29, 0.717) is 5.56 Å². The summed E-state index contributed by atoms with van der Waals surface area (Å²) in [4.78, 5) is 12.1. The Morgan fingerprint density at radius 2 is 1.76 bits per heavy atom. The molecule has 0 saturated carbocycles. The zero-order valence-corrected chi connectivity index (χ0v) is 13.7. The average molecular weight is 395 g/mol. The molecule has 2 aromatic rings. The summed E-state index contributed by atoms with van der Waals surface area (Å²) >= 11 is 14.9. The standard InChI is InChI=1S/C14H8BrCl2F2NO/c1-6-2-3-8(16)13(12(6)17)20-14(21)11-9(18)4-7(15)5-10(11)19/h2-5H,1H3,(H,20,21). The SMILES string of the molecule is Cc1ccc(Cl)c(NC(=O)c2c(F)cc(Br)cc2F)c1Cl. The highest BCUT2D eigenvalue weighted by Crippen LogP contribution is 2.33.